The Balaban J connectivity index is -0.000000308. The summed E-state index contributed by atoms with van der Waals surface area (Å²) in [6.07, 6.45) is 3.43. The third-order valence-corrected chi connectivity index (χ3v) is 3.05. The van der Waals surface area contributed by atoms with E-state index < -0.39 is 10.4 Å². The lowest BCUT2D eigenvalue weighted by Gasteiger charge is -2.11. The first kappa shape index (κ1) is 29.4. The molecule has 0 unspecified atom stereocenters. The lowest BCUT2D eigenvalue weighted by molar-refractivity contribution is -0.880. The molecule has 0 aliphatic rings. The van der Waals surface area contributed by atoms with Gasteiger partial charge in [0.25, 0.3) is 0 Å². The summed E-state index contributed by atoms with van der Waals surface area (Å²) in [5, 5.41) is 33.9. The Morgan fingerprint density at radius 2 is 0.800 bits per heavy atom. The molecule has 0 aliphatic heterocycles. The zero-order valence-electron chi connectivity index (χ0n) is 15.3. The molecule has 6 N–H and O–H groups in total. The molecule has 0 radical (unpaired) electrons. The maximum absolute atomic E-state index is 8.52. The van der Waals surface area contributed by atoms with E-state index in [4.69, 9.17) is 37.9 Å². The van der Waals surface area contributed by atoms with Crippen LogP contribution < -0.4 is 9.80 Å². The first-order chi connectivity index (χ1) is 11.6. The Bertz CT molecular complexity index is 302. The van der Waals surface area contributed by atoms with Crippen LogP contribution in [0.25, 0.3) is 0 Å². The fraction of sp³-hybridized carbons (Fsp3) is 1.00. The van der Waals surface area contributed by atoms with Gasteiger partial charge in [0.2, 0.25) is 0 Å². The molecule has 0 atom stereocenters. The maximum atomic E-state index is 8.52. The van der Waals surface area contributed by atoms with Gasteiger partial charge in [-0.1, -0.05) is 0 Å². The van der Waals surface area contributed by atoms with Crippen molar-refractivity contribution in [1.29, 1.82) is 0 Å². The van der Waals surface area contributed by atoms with Crippen molar-refractivity contribution >= 4 is 10.4 Å². The highest BCUT2D eigenvalue weighted by Crippen LogP contribution is 1.69. The van der Waals surface area contributed by atoms with Gasteiger partial charge in [-0.15, -0.1) is 0 Å². The van der Waals surface area contributed by atoms with Crippen LogP contribution in [-0.4, -0.2) is 105 Å². The molecule has 0 saturated carbocycles. The number of hydrogen-bond acceptors (Lipinski definition) is 8. The van der Waals surface area contributed by atoms with Crippen LogP contribution in [0.3, 0.4) is 0 Å². The molecule has 0 aromatic heterocycles. The van der Waals surface area contributed by atoms with Gasteiger partial charge in [-0.25, -0.2) is 0 Å². The van der Waals surface area contributed by atoms with Crippen LogP contribution in [0, 0.1) is 0 Å². The Hall–Kier alpha value is -0.370. The van der Waals surface area contributed by atoms with E-state index in [1.54, 1.807) is 0 Å². The van der Waals surface area contributed by atoms with Crippen LogP contribution >= 0.6 is 0 Å². The second-order valence-electron chi connectivity index (χ2n) is 5.63. The third-order valence-electron chi connectivity index (χ3n) is 3.05. The average molecular weight is 393 g/mol. The average Bonchev–Trinajstić information content (AvgIpc) is 2.53. The molecule has 0 rings (SSSR count). The second-order valence-corrected chi connectivity index (χ2v) is 6.45. The normalized spacial score (nSPS) is 11.0. The van der Waals surface area contributed by atoms with E-state index in [1.165, 1.54) is 9.80 Å². The molecule has 0 bridgehead atoms. The van der Waals surface area contributed by atoms with E-state index in [0.717, 1.165) is 51.9 Å². The fourth-order valence-electron chi connectivity index (χ4n) is 1.77. The molecule has 156 valence electrons. The standard InChI is InChI=1S/2C7H17NO2.H2O4S/c2*1-8(4-2-6-9)5-3-7-10;1-5(2,3)4/h2*9-10H,2-7H2,1H3;(H2,1,2,3,4). The summed E-state index contributed by atoms with van der Waals surface area (Å²) in [6.45, 7) is 5.08. The number of aliphatic hydroxyl groups excluding tert-OH is 4. The third kappa shape index (κ3) is 45.3. The lowest BCUT2D eigenvalue weighted by atomic mass is 10.3. The van der Waals surface area contributed by atoms with Gasteiger partial charge in [0, 0.05) is 62.5 Å². The van der Waals surface area contributed by atoms with E-state index in [-0.39, 0.29) is 26.4 Å². The van der Waals surface area contributed by atoms with Crippen LogP contribution in [0.5, 0.6) is 0 Å². The molecular formula is C14H36N2O8S. The minimum Gasteiger partial charge on any atom is -0.759 e. The van der Waals surface area contributed by atoms with E-state index in [1.807, 2.05) is 0 Å². The highest BCUT2D eigenvalue weighted by Gasteiger charge is 1.99. The summed E-state index contributed by atoms with van der Waals surface area (Å²) in [5.41, 5.74) is 0. The molecule has 0 spiro atoms. The van der Waals surface area contributed by atoms with E-state index in [9.17, 15) is 0 Å². The fourth-order valence-corrected chi connectivity index (χ4v) is 1.77. The van der Waals surface area contributed by atoms with Crippen molar-refractivity contribution in [2.45, 2.75) is 25.7 Å². The lowest BCUT2D eigenvalue weighted by Crippen LogP contribution is -3.09. The summed E-state index contributed by atoms with van der Waals surface area (Å²) in [7, 11) is -1.02. The molecule has 0 fully saturated rings. The number of nitrogens with one attached hydrogen (secondary N) is 2. The monoisotopic (exact) mass is 392 g/mol. The number of hydrogen-bond donors (Lipinski definition) is 6. The SMILES string of the molecule is C[NH+](CCCO)CCCO.C[NH+](CCCO)CCCO.O=S(=O)([O-])[O-]. The molecule has 11 heteroatoms. The van der Waals surface area contributed by atoms with Crippen LogP contribution in [0.15, 0.2) is 0 Å². The summed E-state index contributed by atoms with van der Waals surface area (Å²) in [6, 6.07) is 0. The zero-order chi connectivity index (χ0) is 20.1. The van der Waals surface area contributed by atoms with Crippen molar-refractivity contribution in [1.82, 2.24) is 0 Å². The Kier molecular flexibility index (Phi) is 25.5. The number of rotatable bonds is 12. The Morgan fingerprint density at radius 1 is 0.640 bits per heavy atom. The Morgan fingerprint density at radius 3 is 0.920 bits per heavy atom. The molecule has 10 nitrogen and oxygen atoms in total. The zero-order valence-corrected chi connectivity index (χ0v) is 16.1. The van der Waals surface area contributed by atoms with E-state index in [0.29, 0.717) is 0 Å². The number of quaternary nitrogens is 2. The summed E-state index contributed by atoms with van der Waals surface area (Å²) >= 11 is 0. The van der Waals surface area contributed by atoms with Gasteiger partial charge in [-0.3, -0.25) is 8.42 Å². The van der Waals surface area contributed by atoms with Gasteiger partial charge in [0.05, 0.1) is 40.3 Å². The summed E-state index contributed by atoms with van der Waals surface area (Å²) in [4.78, 5) is 2.76. The molecule has 0 aromatic rings. The summed E-state index contributed by atoms with van der Waals surface area (Å²) < 4.78 is 34.1. The molecule has 0 amide bonds. The molecule has 0 aromatic carbocycles. The maximum Gasteiger partial charge on any atom is 0.0791 e. The minimum absolute atomic E-state index is 0.274. The molecule has 0 aliphatic carbocycles. The minimum atomic E-state index is -5.17. The highest BCUT2D eigenvalue weighted by atomic mass is 32.3. The van der Waals surface area contributed by atoms with Crippen LogP contribution in [0.4, 0.5) is 0 Å². The largest absolute Gasteiger partial charge is 0.759 e. The summed E-state index contributed by atoms with van der Waals surface area (Å²) in [5.74, 6) is 0. The molecule has 0 heterocycles. The molecular weight excluding hydrogens is 356 g/mol. The van der Waals surface area contributed by atoms with Crippen molar-refractivity contribution in [3.8, 4) is 0 Å². The van der Waals surface area contributed by atoms with Gasteiger partial charge in [-0.2, -0.15) is 0 Å². The van der Waals surface area contributed by atoms with Gasteiger partial charge in [0.15, 0.2) is 0 Å². The quantitative estimate of drug-likeness (QED) is 0.142. The topological polar surface area (TPSA) is 170 Å². The predicted octanol–water partition coefficient (Wildman–Crippen LogP) is -4.81. The van der Waals surface area contributed by atoms with Crippen molar-refractivity contribution in [3.05, 3.63) is 0 Å². The second kappa shape index (κ2) is 21.7. The smallest absolute Gasteiger partial charge is 0.0791 e. The van der Waals surface area contributed by atoms with Gasteiger partial charge >= 0.3 is 0 Å². The van der Waals surface area contributed by atoms with E-state index >= 15 is 0 Å². The van der Waals surface area contributed by atoms with Crippen LogP contribution in [0.2, 0.25) is 0 Å². The number of aliphatic hydroxyl groups is 4. The molecule has 25 heavy (non-hydrogen) atoms. The van der Waals surface area contributed by atoms with Gasteiger partial charge < -0.3 is 39.3 Å². The van der Waals surface area contributed by atoms with Crippen LogP contribution in [0.1, 0.15) is 25.7 Å². The Labute approximate surface area is 151 Å². The van der Waals surface area contributed by atoms with Crippen molar-refractivity contribution < 1.29 is 47.7 Å². The van der Waals surface area contributed by atoms with Crippen molar-refractivity contribution in [2.75, 3.05) is 66.7 Å². The molecule has 0 saturated heterocycles. The van der Waals surface area contributed by atoms with E-state index in [2.05, 4.69) is 14.1 Å². The van der Waals surface area contributed by atoms with Crippen LogP contribution in [-0.2, 0) is 10.4 Å². The van der Waals surface area contributed by atoms with Gasteiger partial charge in [0.1, 0.15) is 0 Å². The highest BCUT2D eigenvalue weighted by molar-refractivity contribution is 7.79. The first-order valence-electron chi connectivity index (χ1n) is 8.35. The van der Waals surface area contributed by atoms with Crippen molar-refractivity contribution in [3.63, 3.8) is 0 Å². The predicted molar refractivity (Wildman–Crippen MR) is 90.5 cm³/mol. The van der Waals surface area contributed by atoms with Gasteiger partial charge in [-0.05, 0) is 0 Å². The van der Waals surface area contributed by atoms with Crippen molar-refractivity contribution in [2.24, 2.45) is 0 Å². The first-order valence-corrected chi connectivity index (χ1v) is 9.68.